The van der Waals surface area contributed by atoms with Gasteiger partial charge in [-0.05, 0) is 26.0 Å². The number of ketones is 3. The van der Waals surface area contributed by atoms with Crippen LogP contribution in [0.5, 0.6) is 0 Å². The SMILES string of the molecule is CCOC(OCC)C(=O)c1ccc2c(c1)C(=O)c1ccccc1C2=O. The Morgan fingerprint density at radius 3 is 1.92 bits per heavy atom. The van der Waals surface area contributed by atoms with Gasteiger partial charge < -0.3 is 9.47 Å². The van der Waals surface area contributed by atoms with Crippen molar-refractivity contribution in [2.75, 3.05) is 13.2 Å². The van der Waals surface area contributed by atoms with Gasteiger partial charge in [0.1, 0.15) is 0 Å². The maximum atomic E-state index is 12.7. The molecular weight excluding hydrogens is 320 g/mol. The fourth-order valence-corrected chi connectivity index (χ4v) is 2.89. The second kappa shape index (κ2) is 7.09. The zero-order chi connectivity index (χ0) is 18.0. The van der Waals surface area contributed by atoms with Crippen LogP contribution in [0.4, 0.5) is 0 Å². The summed E-state index contributed by atoms with van der Waals surface area (Å²) in [6.07, 6.45) is -1.02. The maximum Gasteiger partial charge on any atom is 0.222 e. The summed E-state index contributed by atoms with van der Waals surface area (Å²) in [4.78, 5) is 37.9. The Hall–Kier alpha value is -2.63. The Labute approximate surface area is 145 Å². The first kappa shape index (κ1) is 17.2. The molecule has 0 radical (unpaired) electrons. The van der Waals surface area contributed by atoms with Crippen LogP contribution in [0.15, 0.2) is 42.5 Å². The molecule has 0 heterocycles. The number of carbonyl (C=O) groups excluding carboxylic acids is 3. The molecule has 0 saturated heterocycles. The van der Waals surface area contributed by atoms with Gasteiger partial charge in [0, 0.05) is 41.0 Å². The van der Waals surface area contributed by atoms with Crippen LogP contribution < -0.4 is 0 Å². The summed E-state index contributed by atoms with van der Waals surface area (Å²) in [5, 5.41) is 0. The maximum absolute atomic E-state index is 12.7. The van der Waals surface area contributed by atoms with Gasteiger partial charge in [0.25, 0.3) is 0 Å². The first-order valence-corrected chi connectivity index (χ1v) is 8.18. The van der Waals surface area contributed by atoms with Crippen molar-refractivity contribution in [2.24, 2.45) is 0 Å². The monoisotopic (exact) mass is 338 g/mol. The summed E-state index contributed by atoms with van der Waals surface area (Å²) in [7, 11) is 0. The fourth-order valence-electron chi connectivity index (χ4n) is 2.89. The Morgan fingerprint density at radius 2 is 1.36 bits per heavy atom. The number of fused-ring (bicyclic) bond motifs is 2. The van der Waals surface area contributed by atoms with Crippen LogP contribution in [0.2, 0.25) is 0 Å². The van der Waals surface area contributed by atoms with Crippen LogP contribution in [-0.4, -0.2) is 36.9 Å². The predicted octanol–water partition coefficient (Wildman–Crippen LogP) is 3.04. The van der Waals surface area contributed by atoms with Crippen LogP contribution in [0.3, 0.4) is 0 Å². The summed E-state index contributed by atoms with van der Waals surface area (Å²) < 4.78 is 10.6. The van der Waals surface area contributed by atoms with Crippen molar-refractivity contribution in [1.29, 1.82) is 0 Å². The molecule has 0 N–H and O–H groups in total. The predicted molar refractivity (Wildman–Crippen MR) is 91.1 cm³/mol. The van der Waals surface area contributed by atoms with Gasteiger partial charge in [0.15, 0.2) is 11.6 Å². The van der Waals surface area contributed by atoms with Crippen LogP contribution in [0.25, 0.3) is 0 Å². The van der Waals surface area contributed by atoms with E-state index in [0.717, 1.165) is 0 Å². The van der Waals surface area contributed by atoms with Crippen molar-refractivity contribution in [3.05, 3.63) is 70.3 Å². The van der Waals surface area contributed by atoms with Gasteiger partial charge in [0.05, 0.1) is 0 Å². The van der Waals surface area contributed by atoms with E-state index < -0.39 is 6.29 Å². The molecule has 0 fully saturated rings. The Morgan fingerprint density at radius 1 is 0.840 bits per heavy atom. The smallest absolute Gasteiger partial charge is 0.222 e. The molecule has 0 aliphatic heterocycles. The third-order valence-corrected chi connectivity index (χ3v) is 4.06. The highest BCUT2D eigenvalue weighted by molar-refractivity contribution is 6.28. The first-order chi connectivity index (χ1) is 12.1. The van der Waals surface area contributed by atoms with E-state index in [1.165, 1.54) is 18.2 Å². The third kappa shape index (κ3) is 3.04. The molecule has 2 aromatic rings. The van der Waals surface area contributed by atoms with E-state index in [1.54, 1.807) is 38.1 Å². The van der Waals surface area contributed by atoms with E-state index in [4.69, 9.17) is 9.47 Å². The number of ether oxygens (including phenoxy) is 2. The lowest BCUT2D eigenvalue weighted by Gasteiger charge is -2.19. The Balaban J connectivity index is 2.01. The van der Waals surface area contributed by atoms with Gasteiger partial charge >= 0.3 is 0 Å². The minimum atomic E-state index is -1.02. The molecule has 0 amide bonds. The van der Waals surface area contributed by atoms with E-state index in [0.29, 0.717) is 29.9 Å². The highest BCUT2D eigenvalue weighted by atomic mass is 16.7. The molecule has 1 aliphatic carbocycles. The first-order valence-electron chi connectivity index (χ1n) is 8.18. The zero-order valence-corrected chi connectivity index (χ0v) is 14.1. The molecule has 2 aromatic carbocycles. The summed E-state index contributed by atoms with van der Waals surface area (Å²) in [5.74, 6) is -0.842. The van der Waals surface area contributed by atoms with E-state index in [-0.39, 0.29) is 28.5 Å². The van der Waals surface area contributed by atoms with Gasteiger partial charge in [-0.2, -0.15) is 0 Å². The average molecular weight is 338 g/mol. The number of rotatable bonds is 6. The zero-order valence-electron chi connectivity index (χ0n) is 14.1. The van der Waals surface area contributed by atoms with Crippen molar-refractivity contribution < 1.29 is 23.9 Å². The van der Waals surface area contributed by atoms with Gasteiger partial charge in [-0.1, -0.05) is 30.3 Å². The summed E-state index contributed by atoms with van der Waals surface area (Å²) in [6.45, 7) is 4.19. The number of hydrogen-bond donors (Lipinski definition) is 0. The summed E-state index contributed by atoms with van der Waals surface area (Å²) in [6, 6.07) is 11.2. The van der Waals surface area contributed by atoms with Crippen LogP contribution >= 0.6 is 0 Å². The lowest BCUT2D eigenvalue weighted by atomic mass is 9.83. The highest BCUT2D eigenvalue weighted by Gasteiger charge is 2.31. The molecule has 3 rings (SSSR count). The van der Waals surface area contributed by atoms with E-state index in [2.05, 4.69) is 0 Å². The molecule has 0 atom stereocenters. The summed E-state index contributed by atoms with van der Waals surface area (Å²) in [5.41, 5.74) is 1.58. The molecule has 0 aromatic heterocycles. The topological polar surface area (TPSA) is 69.7 Å². The van der Waals surface area contributed by atoms with Crippen molar-refractivity contribution in [2.45, 2.75) is 20.1 Å². The van der Waals surface area contributed by atoms with Gasteiger partial charge in [0.2, 0.25) is 12.1 Å². The molecule has 0 bridgehead atoms. The largest absolute Gasteiger partial charge is 0.346 e. The quantitative estimate of drug-likeness (QED) is 0.510. The van der Waals surface area contributed by atoms with Crippen LogP contribution in [0.1, 0.15) is 56.0 Å². The molecular formula is C20H18O5. The molecule has 5 heteroatoms. The second-order valence-corrected chi connectivity index (χ2v) is 5.57. The average Bonchev–Trinajstić information content (AvgIpc) is 2.65. The van der Waals surface area contributed by atoms with Crippen molar-refractivity contribution in [3.63, 3.8) is 0 Å². The van der Waals surface area contributed by atoms with Crippen LogP contribution in [0, 0.1) is 0 Å². The summed E-state index contributed by atoms with van der Waals surface area (Å²) >= 11 is 0. The minimum absolute atomic E-state index is 0.213. The Kier molecular flexibility index (Phi) is 4.88. The molecule has 5 nitrogen and oxygen atoms in total. The number of carbonyl (C=O) groups is 3. The number of Topliss-reactive ketones (excluding diaryl/α,β-unsaturated/α-hetero) is 1. The number of benzene rings is 2. The lowest BCUT2D eigenvalue weighted by molar-refractivity contribution is -0.107. The molecule has 0 spiro atoms. The van der Waals surface area contributed by atoms with E-state index in [9.17, 15) is 14.4 Å². The van der Waals surface area contributed by atoms with E-state index in [1.807, 2.05) is 0 Å². The third-order valence-electron chi connectivity index (χ3n) is 4.06. The lowest BCUT2D eigenvalue weighted by Crippen LogP contribution is -2.28. The van der Waals surface area contributed by atoms with E-state index >= 15 is 0 Å². The molecule has 25 heavy (non-hydrogen) atoms. The van der Waals surface area contributed by atoms with Crippen LogP contribution in [-0.2, 0) is 9.47 Å². The van der Waals surface area contributed by atoms with Gasteiger partial charge in [-0.15, -0.1) is 0 Å². The van der Waals surface area contributed by atoms with Crippen molar-refractivity contribution in [1.82, 2.24) is 0 Å². The van der Waals surface area contributed by atoms with Gasteiger partial charge in [-0.3, -0.25) is 14.4 Å². The molecule has 0 saturated carbocycles. The molecule has 128 valence electrons. The standard InChI is InChI=1S/C20H18O5/c1-3-24-20(25-4-2)17(21)12-9-10-15-16(11-12)19(23)14-8-6-5-7-13(14)18(15)22/h5-11,20H,3-4H2,1-2H3. The number of hydrogen-bond acceptors (Lipinski definition) is 5. The molecule has 1 aliphatic rings. The second-order valence-electron chi connectivity index (χ2n) is 5.57. The van der Waals surface area contributed by atoms with Crippen molar-refractivity contribution in [3.8, 4) is 0 Å². The molecule has 0 unspecified atom stereocenters. The normalized spacial score (nSPS) is 12.9. The minimum Gasteiger partial charge on any atom is -0.346 e. The van der Waals surface area contributed by atoms with Crippen molar-refractivity contribution >= 4 is 17.3 Å². The highest BCUT2D eigenvalue weighted by Crippen LogP contribution is 2.28. The Bertz CT molecular complexity index is 847. The van der Waals surface area contributed by atoms with Gasteiger partial charge in [-0.25, -0.2) is 0 Å². The fraction of sp³-hybridized carbons (Fsp3) is 0.250.